The Hall–Kier alpha value is -2.62. The largest absolute Gasteiger partial charge is 0.489 e. The Balaban J connectivity index is 1.62. The van der Waals surface area contributed by atoms with Crippen LogP contribution >= 0.6 is 0 Å². The fourth-order valence-electron chi connectivity index (χ4n) is 2.60. The molecular weight excluding hydrogens is 290 g/mol. The number of carbonyl (C=O) groups excluding carboxylic acids is 1. The van der Waals surface area contributed by atoms with Crippen molar-refractivity contribution in [1.29, 1.82) is 0 Å². The summed E-state index contributed by atoms with van der Waals surface area (Å²) < 4.78 is 10.5. The Morgan fingerprint density at radius 2 is 1.87 bits per heavy atom. The topological polar surface area (TPSA) is 47.9 Å². The van der Waals surface area contributed by atoms with E-state index in [1.807, 2.05) is 54.6 Å². The summed E-state index contributed by atoms with van der Waals surface area (Å²) in [5.41, 5.74) is 3.12. The van der Waals surface area contributed by atoms with Gasteiger partial charge in [-0.25, -0.2) is 4.79 Å². The van der Waals surface area contributed by atoms with Gasteiger partial charge in [0.25, 0.3) is 0 Å². The lowest BCUT2D eigenvalue weighted by molar-refractivity contribution is -0.141. The third-order valence-electron chi connectivity index (χ3n) is 3.88. The standard InChI is InChI=1S/C19H19NO3/c1-22-19(21)18-12-11-17(20-18)15-7-9-16(10-8-15)23-13-14-5-3-2-4-6-14/h2-10,18H,11-13H2,1H3. The summed E-state index contributed by atoms with van der Waals surface area (Å²) in [4.78, 5) is 16.0. The highest BCUT2D eigenvalue weighted by molar-refractivity contribution is 6.03. The van der Waals surface area contributed by atoms with Crippen molar-refractivity contribution >= 4 is 11.7 Å². The number of esters is 1. The van der Waals surface area contributed by atoms with Gasteiger partial charge in [-0.05, 0) is 48.2 Å². The van der Waals surface area contributed by atoms with E-state index in [1.165, 1.54) is 7.11 Å². The van der Waals surface area contributed by atoms with Gasteiger partial charge in [0.05, 0.1) is 7.11 Å². The maximum atomic E-state index is 11.5. The molecule has 23 heavy (non-hydrogen) atoms. The van der Waals surface area contributed by atoms with Crippen LogP contribution in [0.3, 0.4) is 0 Å². The van der Waals surface area contributed by atoms with Gasteiger partial charge < -0.3 is 9.47 Å². The Kier molecular flexibility index (Phi) is 4.71. The molecule has 0 bridgehead atoms. The number of benzene rings is 2. The molecule has 0 N–H and O–H groups in total. The summed E-state index contributed by atoms with van der Waals surface area (Å²) in [5, 5.41) is 0. The number of hydrogen-bond acceptors (Lipinski definition) is 4. The minimum absolute atomic E-state index is 0.261. The summed E-state index contributed by atoms with van der Waals surface area (Å²) in [6.45, 7) is 0.547. The molecule has 3 rings (SSSR count). The molecule has 1 aliphatic rings. The van der Waals surface area contributed by atoms with Crippen LogP contribution < -0.4 is 4.74 Å². The summed E-state index contributed by atoms with van der Waals surface area (Å²) in [7, 11) is 1.40. The van der Waals surface area contributed by atoms with Gasteiger partial charge in [-0.2, -0.15) is 0 Å². The molecule has 4 nitrogen and oxygen atoms in total. The number of carbonyl (C=O) groups is 1. The van der Waals surface area contributed by atoms with Crippen LogP contribution in [0.2, 0.25) is 0 Å². The molecule has 0 saturated heterocycles. The van der Waals surface area contributed by atoms with Crippen LogP contribution in [0.1, 0.15) is 24.0 Å². The Morgan fingerprint density at radius 3 is 2.57 bits per heavy atom. The average molecular weight is 309 g/mol. The second-order valence-electron chi connectivity index (χ2n) is 5.45. The van der Waals surface area contributed by atoms with Crippen molar-refractivity contribution in [3.05, 3.63) is 65.7 Å². The molecule has 0 radical (unpaired) electrons. The van der Waals surface area contributed by atoms with Gasteiger partial charge in [-0.1, -0.05) is 30.3 Å². The number of ether oxygens (including phenoxy) is 2. The minimum atomic E-state index is -0.357. The number of hydrogen-bond donors (Lipinski definition) is 0. The maximum absolute atomic E-state index is 11.5. The van der Waals surface area contributed by atoms with Crippen LogP contribution in [0.5, 0.6) is 5.75 Å². The number of nitrogens with zero attached hydrogens (tertiary/aromatic N) is 1. The van der Waals surface area contributed by atoms with Crippen LogP contribution in [0.25, 0.3) is 0 Å². The highest BCUT2D eigenvalue weighted by atomic mass is 16.5. The normalized spacial score (nSPS) is 16.7. The summed E-state index contributed by atoms with van der Waals surface area (Å²) in [6, 6.07) is 17.5. The molecule has 0 aromatic heterocycles. The van der Waals surface area contributed by atoms with Crippen molar-refractivity contribution in [3.63, 3.8) is 0 Å². The number of methoxy groups -OCH3 is 1. The second-order valence-corrected chi connectivity index (χ2v) is 5.45. The molecule has 0 saturated carbocycles. The van der Waals surface area contributed by atoms with Crippen LogP contribution in [-0.4, -0.2) is 24.8 Å². The van der Waals surface area contributed by atoms with Gasteiger partial charge in [0, 0.05) is 5.71 Å². The molecule has 2 aromatic rings. The smallest absolute Gasteiger partial charge is 0.330 e. The fraction of sp³-hybridized carbons (Fsp3) is 0.263. The molecule has 0 spiro atoms. The fourth-order valence-corrected chi connectivity index (χ4v) is 2.60. The van der Waals surface area contributed by atoms with Crippen molar-refractivity contribution in [2.45, 2.75) is 25.5 Å². The second kappa shape index (κ2) is 7.09. The van der Waals surface area contributed by atoms with E-state index in [-0.39, 0.29) is 12.0 Å². The van der Waals surface area contributed by atoms with Crippen molar-refractivity contribution in [2.24, 2.45) is 4.99 Å². The molecule has 0 aliphatic carbocycles. The van der Waals surface area contributed by atoms with E-state index in [2.05, 4.69) is 4.99 Å². The minimum Gasteiger partial charge on any atom is -0.489 e. The van der Waals surface area contributed by atoms with Gasteiger partial charge in [0.15, 0.2) is 0 Å². The van der Waals surface area contributed by atoms with Crippen molar-refractivity contribution < 1.29 is 14.3 Å². The summed E-state index contributed by atoms with van der Waals surface area (Å²) >= 11 is 0. The third-order valence-corrected chi connectivity index (χ3v) is 3.88. The van der Waals surface area contributed by atoms with Gasteiger partial charge in [0.1, 0.15) is 18.4 Å². The predicted octanol–water partition coefficient (Wildman–Crippen LogP) is 3.39. The van der Waals surface area contributed by atoms with Gasteiger partial charge in [-0.3, -0.25) is 4.99 Å². The highest BCUT2D eigenvalue weighted by Gasteiger charge is 2.25. The molecule has 1 heterocycles. The zero-order valence-electron chi connectivity index (χ0n) is 13.1. The SMILES string of the molecule is COC(=O)C1CCC(c2ccc(OCc3ccccc3)cc2)=N1. The molecule has 118 valence electrons. The molecule has 0 fully saturated rings. The van der Waals surface area contributed by atoms with E-state index in [4.69, 9.17) is 9.47 Å². The van der Waals surface area contributed by atoms with Crippen LogP contribution in [0, 0.1) is 0 Å². The van der Waals surface area contributed by atoms with Gasteiger partial charge in [0.2, 0.25) is 0 Å². The molecule has 1 unspecified atom stereocenters. The molecule has 1 aliphatic heterocycles. The monoisotopic (exact) mass is 309 g/mol. The molecule has 1 atom stereocenters. The summed E-state index contributed by atoms with van der Waals surface area (Å²) in [5.74, 6) is 0.559. The first kappa shape index (κ1) is 15.3. The first-order valence-corrected chi connectivity index (χ1v) is 7.68. The van der Waals surface area contributed by atoms with E-state index in [9.17, 15) is 4.79 Å². The number of rotatable bonds is 5. The summed E-state index contributed by atoms with van der Waals surface area (Å²) in [6.07, 6.45) is 1.51. The Morgan fingerprint density at radius 1 is 1.13 bits per heavy atom. The van der Waals surface area contributed by atoms with Crippen molar-refractivity contribution in [1.82, 2.24) is 0 Å². The zero-order chi connectivity index (χ0) is 16.1. The first-order chi connectivity index (χ1) is 11.3. The van der Waals surface area contributed by atoms with Crippen molar-refractivity contribution in [2.75, 3.05) is 7.11 Å². The van der Waals surface area contributed by atoms with Gasteiger partial charge in [-0.15, -0.1) is 0 Å². The van der Waals surface area contributed by atoms with E-state index in [0.29, 0.717) is 13.0 Å². The molecule has 4 heteroatoms. The lowest BCUT2D eigenvalue weighted by atomic mass is 10.1. The molecule has 0 amide bonds. The van der Waals surface area contributed by atoms with Crippen LogP contribution in [0.4, 0.5) is 0 Å². The Bertz CT molecular complexity index is 692. The third kappa shape index (κ3) is 3.77. The predicted molar refractivity (Wildman–Crippen MR) is 88.8 cm³/mol. The van der Waals surface area contributed by atoms with E-state index >= 15 is 0 Å². The lowest BCUT2D eigenvalue weighted by Gasteiger charge is -2.07. The van der Waals surface area contributed by atoms with E-state index in [1.54, 1.807) is 0 Å². The van der Waals surface area contributed by atoms with Gasteiger partial charge >= 0.3 is 5.97 Å². The zero-order valence-corrected chi connectivity index (χ0v) is 13.1. The van der Waals surface area contributed by atoms with E-state index < -0.39 is 0 Å². The molecule has 2 aromatic carbocycles. The average Bonchev–Trinajstić information content (AvgIpc) is 3.11. The van der Waals surface area contributed by atoms with Crippen molar-refractivity contribution in [3.8, 4) is 5.75 Å². The molecular formula is C19H19NO3. The lowest BCUT2D eigenvalue weighted by Crippen LogP contribution is -2.16. The highest BCUT2D eigenvalue weighted by Crippen LogP contribution is 2.22. The Labute approximate surface area is 135 Å². The van der Waals surface area contributed by atoms with Crippen LogP contribution in [-0.2, 0) is 16.1 Å². The first-order valence-electron chi connectivity index (χ1n) is 7.68. The maximum Gasteiger partial charge on any atom is 0.330 e. The van der Waals surface area contributed by atoms with Crippen LogP contribution in [0.15, 0.2) is 59.6 Å². The quantitative estimate of drug-likeness (QED) is 0.795. The number of aliphatic imine (C=N–C) groups is 1. The van der Waals surface area contributed by atoms with E-state index in [0.717, 1.165) is 29.0 Å².